The van der Waals surface area contributed by atoms with Crippen LogP contribution < -0.4 is 5.32 Å². The number of fused-ring (bicyclic) bond motifs is 1. The van der Waals surface area contributed by atoms with Crippen molar-refractivity contribution in [3.63, 3.8) is 0 Å². The third kappa shape index (κ3) is 2.90. The summed E-state index contributed by atoms with van der Waals surface area (Å²) in [5.41, 5.74) is 3.07. The van der Waals surface area contributed by atoms with Gasteiger partial charge < -0.3 is 5.32 Å². The van der Waals surface area contributed by atoms with Crippen LogP contribution in [0.1, 0.15) is 37.9 Å². The van der Waals surface area contributed by atoms with Crippen molar-refractivity contribution in [2.75, 3.05) is 26.2 Å². The van der Waals surface area contributed by atoms with Gasteiger partial charge in [0.1, 0.15) is 0 Å². The second-order valence-corrected chi connectivity index (χ2v) is 7.57. The highest BCUT2D eigenvalue weighted by Gasteiger charge is 2.33. The first-order chi connectivity index (χ1) is 10.5. The van der Waals surface area contributed by atoms with Gasteiger partial charge in [0.2, 0.25) is 0 Å². The maximum Gasteiger partial charge on any atom is 0.0403 e. The summed E-state index contributed by atoms with van der Waals surface area (Å²) in [4.78, 5) is 2.66. The number of hydrogen-bond donors (Lipinski definition) is 1. The van der Waals surface area contributed by atoms with Crippen molar-refractivity contribution in [1.29, 1.82) is 0 Å². The summed E-state index contributed by atoms with van der Waals surface area (Å²) in [7, 11) is 0. The third-order valence-corrected chi connectivity index (χ3v) is 4.81. The Labute approximate surface area is 134 Å². The van der Waals surface area contributed by atoms with Gasteiger partial charge >= 0.3 is 0 Å². The topological polar surface area (TPSA) is 15.3 Å². The summed E-state index contributed by atoms with van der Waals surface area (Å²) in [6.45, 7) is 13.8. The van der Waals surface area contributed by atoms with E-state index < -0.39 is 0 Å². The largest absolute Gasteiger partial charge is 0.314 e. The fourth-order valence-electron chi connectivity index (χ4n) is 3.86. The van der Waals surface area contributed by atoms with Gasteiger partial charge in [-0.25, -0.2) is 0 Å². The maximum absolute atomic E-state index is 3.48. The SMILES string of the molecule is Cc1ccc([C@H](N2CCNCC2)C(C)(C)C)c2ccccc12. The van der Waals surface area contributed by atoms with E-state index >= 15 is 0 Å². The number of piperazine rings is 1. The fraction of sp³-hybridized carbons (Fsp3) is 0.500. The first-order valence-corrected chi connectivity index (χ1v) is 8.41. The first kappa shape index (κ1) is 15.5. The number of hydrogen-bond acceptors (Lipinski definition) is 2. The normalized spacial score (nSPS) is 18.5. The van der Waals surface area contributed by atoms with E-state index in [2.05, 4.69) is 74.3 Å². The first-order valence-electron chi connectivity index (χ1n) is 8.41. The summed E-state index contributed by atoms with van der Waals surface area (Å²) >= 11 is 0. The highest BCUT2D eigenvalue weighted by Crippen LogP contribution is 2.41. The molecule has 1 aliphatic heterocycles. The van der Waals surface area contributed by atoms with E-state index in [1.54, 1.807) is 0 Å². The van der Waals surface area contributed by atoms with Crippen LogP contribution >= 0.6 is 0 Å². The van der Waals surface area contributed by atoms with Gasteiger partial charge in [-0.3, -0.25) is 4.90 Å². The van der Waals surface area contributed by atoms with Crippen LogP contribution in [0.2, 0.25) is 0 Å². The van der Waals surface area contributed by atoms with E-state index in [0.717, 1.165) is 26.2 Å². The number of nitrogens with zero attached hydrogens (tertiary/aromatic N) is 1. The van der Waals surface area contributed by atoms with E-state index in [1.807, 2.05) is 0 Å². The monoisotopic (exact) mass is 296 g/mol. The molecule has 2 aromatic carbocycles. The van der Waals surface area contributed by atoms with E-state index in [9.17, 15) is 0 Å². The van der Waals surface area contributed by atoms with Gasteiger partial charge in [0.25, 0.3) is 0 Å². The molecule has 0 amide bonds. The molecule has 2 nitrogen and oxygen atoms in total. The summed E-state index contributed by atoms with van der Waals surface area (Å²) in [5.74, 6) is 0. The zero-order valence-corrected chi connectivity index (χ0v) is 14.3. The molecular weight excluding hydrogens is 268 g/mol. The number of benzene rings is 2. The van der Waals surface area contributed by atoms with Gasteiger partial charge in [-0.05, 0) is 34.2 Å². The maximum atomic E-state index is 3.48. The van der Waals surface area contributed by atoms with Crippen molar-refractivity contribution < 1.29 is 0 Å². The molecule has 0 spiro atoms. The average Bonchev–Trinajstić information content (AvgIpc) is 2.50. The van der Waals surface area contributed by atoms with Crippen LogP contribution in [-0.2, 0) is 0 Å². The van der Waals surface area contributed by atoms with Crippen LogP contribution in [0.5, 0.6) is 0 Å². The Balaban J connectivity index is 2.14. The van der Waals surface area contributed by atoms with Crippen LogP contribution in [0.25, 0.3) is 10.8 Å². The van der Waals surface area contributed by atoms with E-state index in [0.29, 0.717) is 6.04 Å². The Hall–Kier alpha value is -1.38. The second-order valence-electron chi connectivity index (χ2n) is 7.57. The summed E-state index contributed by atoms with van der Waals surface area (Å²) in [5, 5.41) is 6.29. The molecule has 3 rings (SSSR count). The minimum Gasteiger partial charge on any atom is -0.314 e. The molecule has 1 atom stereocenters. The molecule has 1 aliphatic rings. The minimum atomic E-state index is 0.218. The Morgan fingerprint density at radius 3 is 2.23 bits per heavy atom. The molecule has 0 saturated carbocycles. The molecular formula is C20H28N2. The second kappa shape index (κ2) is 6.02. The number of aryl methyl sites for hydroxylation is 1. The molecule has 2 aromatic rings. The molecule has 0 aromatic heterocycles. The van der Waals surface area contributed by atoms with Crippen LogP contribution in [0.4, 0.5) is 0 Å². The molecule has 1 fully saturated rings. The lowest BCUT2D eigenvalue weighted by Crippen LogP contribution is -2.48. The van der Waals surface area contributed by atoms with Crippen molar-refractivity contribution in [2.24, 2.45) is 5.41 Å². The zero-order valence-electron chi connectivity index (χ0n) is 14.3. The van der Waals surface area contributed by atoms with Crippen LogP contribution in [0, 0.1) is 12.3 Å². The molecule has 1 N–H and O–H groups in total. The van der Waals surface area contributed by atoms with Gasteiger partial charge in [0.05, 0.1) is 0 Å². The minimum absolute atomic E-state index is 0.218. The van der Waals surface area contributed by atoms with Gasteiger partial charge in [-0.15, -0.1) is 0 Å². The standard InChI is InChI=1S/C20H28N2/c1-15-9-10-18(17-8-6-5-7-16(15)17)19(20(2,3)4)22-13-11-21-12-14-22/h5-10,19,21H,11-14H2,1-4H3/t19-/m0/s1. The third-order valence-electron chi connectivity index (χ3n) is 4.81. The Morgan fingerprint density at radius 1 is 0.955 bits per heavy atom. The van der Waals surface area contributed by atoms with Crippen molar-refractivity contribution in [3.8, 4) is 0 Å². The van der Waals surface area contributed by atoms with Gasteiger partial charge in [-0.1, -0.05) is 57.2 Å². The smallest absolute Gasteiger partial charge is 0.0403 e. The molecule has 0 bridgehead atoms. The molecule has 2 heteroatoms. The predicted octanol–water partition coefficient (Wildman–Crippen LogP) is 4.14. The molecule has 0 aliphatic carbocycles. The zero-order chi connectivity index (χ0) is 15.7. The van der Waals surface area contributed by atoms with Gasteiger partial charge in [0.15, 0.2) is 0 Å². The van der Waals surface area contributed by atoms with Crippen molar-refractivity contribution in [1.82, 2.24) is 10.2 Å². The quantitative estimate of drug-likeness (QED) is 0.896. The Kier molecular flexibility index (Phi) is 4.24. The van der Waals surface area contributed by atoms with Crippen LogP contribution in [0.15, 0.2) is 36.4 Å². The highest BCUT2D eigenvalue weighted by atomic mass is 15.2. The van der Waals surface area contributed by atoms with Crippen molar-refractivity contribution >= 4 is 10.8 Å². The van der Waals surface area contributed by atoms with Crippen molar-refractivity contribution in [2.45, 2.75) is 33.7 Å². The lowest BCUT2D eigenvalue weighted by atomic mass is 9.79. The molecule has 1 saturated heterocycles. The molecule has 0 unspecified atom stereocenters. The lowest BCUT2D eigenvalue weighted by molar-refractivity contribution is 0.0872. The molecule has 22 heavy (non-hydrogen) atoms. The van der Waals surface area contributed by atoms with E-state index in [1.165, 1.54) is 21.9 Å². The van der Waals surface area contributed by atoms with Crippen LogP contribution in [-0.4, -0.2) is 31.1 Å². The molecule has 1 heterocycles. The van der Waals surface area contributed by atoms with Crippen LogP contribution in [0.3, 0.4) is 0 Å². The molecule has 0 radical (unpaired) electrons. The van der Waals surface area contributed by atoms with E-state index in [4.69, 9.17) is 0 Å². The van der Waals surface area contributed by atoms with Gasteiger partial charge in [-0.2, -0.15) is 0 Å². The van der Waals surface area contributed by atoms with Gasteiger partial charge in [0, 0.05) is 32.2 Å². The molecule has 118 valence electrons. The Bertz CT molecular complexity index is 648. The lowest BCUT2D eigenvalue weighted by Gasteiger charge is -2.43. The summed E-state index contributed by atoms with van der Waals surface area (Å²) < 4.78 is 0. The number of nitrogens with one attached hydrogen (secondary N) is 1. The highest BCUT2D eigenvalue weighted by molar-refractivity contribution is 5.89. The van der Waals surface area contributed by atoms with E-state index in [-0.39, 0.29) is 5.41 Å². The number of rotatable bonds is 2. The summed E-state index contributed by atoms with van der Waals surface area (Å²) in [6.07, 6.45) is 0. The predicted molar refractivity (Wildman–Crippen MR) is 95.3 cm³/mol. The summed E-state index contributed by atoms with van der Waals surface area (Å²) in [6, 6.07) is 14.0. The Morgan fingerprint density at radius 2 is 1.59 bits per heavy atom. The van der Waals surface area contributed by atoms with Crippen molar-refractivity contribution in [3.05, 3.63) is 47.5 Å². The average molecular weight is 296 g/mol. The fourth-order valence-corrected chi connectivity index (χ4v) is 3.86.